The van der Waals surface area contributed by atoms with Crippen molar-refractivity contribution in [2.75, 3.05) is 0 Å². The van der Waals surface area contributed by atoms with E-state index in [9.17, 15) is 9.59 Å². The Hall–Kier alpha value is -1.84. The summed E-state index contributed by atoms with van der Waals surface area (Å²) in [5.41, 5.74) is 4.43. The quantitative estimate of drug-likeness (QED) is 0.238. The second-order valence-corrected chi connectivity index (χ2v) is 8.53. The van der Waals surface area contributed by atoms with Crippen LogP contribution in [0.2, 0.25) is 0 Å². The van der Waals surface area contributed by atoms with Crippen molar-refractivity contribution in [3.05, 3.63) is 34.9 Å². The molecule has 0 aliphatic heterocycles. The van der Waals surface area contributed by atoms with Crippen LogP contribution in [0.4, 0.5) is 0 Å². The Morgan fingerprint density at radius 2 is 1.13 bits per heavy atom. The summed E-state index contributed by atoms with van der Waals surface area (Å²) < 4.78 is 0. The molecule has 0 aliphatic rings. The number of hydrogen-bond acceptors (Lipinski definition) is 2. The van der Waals surface area contributed by atoms with E-state index in [2.05, 4.69) is 25.1 Å². The molecule has 0 heterocycles. The van der Waals surface area contributed by atoms with E-state index < -0.39 is 11.9 Å². The molecule has 0 aliphatic carbocycles. The smallest absolute Gasteiger partial charge is 0.303 e. The van der Waals surface area contributed by atoms with Crippen molar-refractivity contribution in [3.63, 3.8) is 0 Å². The van der Waals surface area contributed by atoms with Gasteiger partial charge in [0.05, 0.1) is 0 Å². The Balaban J connectivity index is 2.42. The van der Waals surface area contributed by atoms with Gasteiger partial charge in [0, 0.05) is 12.8 Å². The predicted octanol–water partition coefficient (Wildman–Crippen LogP) is 6.96. The van der Waals surface area contributed by atoms with Crippen LogP contribution in [0.5, 0.6) is 0 Å². The van der Waals surface area contributed by atoms with Gasteiger partial charge >= 0.3 is 11.9 Å². The molecule has 0 saturated carbocycles. The maximum Gasteiger partial charge on any atom is 0.303 e. The first-order valence-electron chi connectivity index (χ1n) is 12.1. The van der Waals surface area contributed by atoms with Crippen molar-refractivity contribution >= 4 is 11.9 Å². The Morgan fingerprint density at radius 1 is 0.633 bits per heavy atom. The third-order valence-electron chi connectivity index (χ3n) is 5.76. The Labute approximate surface area is 183 Å². The first kappa shape index (κ1) is 26.2. The Kier molecular flexibility index (Phi) is 14.8. The van der Waals surface area contributed by atoms with E-state index in [1.165, 1.54) is 55.2 Å². The molecule has 0 radical (unpaired) electrons. The minimum Gasteiger partial charge on any atom is -0.481 e. The second kappa shape index (κ2) is 16.9. The third-order valence-corrected chi connectivity index (χ3v) is 5.76. The van der Waals surface area contributed by atoms with Gasteiger partial charge in [-0.2, -0.15) is 0 Å². The topological polar surface area (TPSA) is 74.6 Å². The molecule has 1 aromatic rings. The van der Waals surface area contributed by atoms with Gasteiger partial charge in [-0.3, -0.25) is 9.59 Å². The van der Waals surface area contributed by atoms with Crippen LogP contribution in [-0.4, -0.2) is 22.2 Å². The molecule has 0 saturated heterocycles. The molecule has 0 atom stereocenters. The van der Waals surface area contributed by atoms with E-state index in [0.29, 0.717) is 12.8 Å². The second-order valence-electron chi connectivity index (χ2n) is 8.53. The van der Waals surface area contributed by atoms with E-state index in [-0.39, 0.29) is 0 Å². The monoisotopic (exact) mass is 418 g/mol. The normalized spacial score (nSPS) is 11.0. The summed E-state index contributed by atoms with van der Waals surface area (Å²) in [5, 5.41) is 17.4. The molecule has 30 heavy (non-hydrogen) atoms. The van der Waals surface area contributed by atoms with Crippen molar-refractivity contribution in [2.45, 2.75) is 116 Å². The standard InChI is InChI=1S/C26H42O4/c1-2-3-14-22-19-20-23(15-10-6-4-8-12-17-25(27)28)24(21-22)16-11-7-5-9-13-18-26(29)30/h19-21H,2-18H2,1H3,(H,27,28)(H,29,30). The van der Waals surface area contributed by atoms with Crippen LogP contribution < -0.4 is 0 Å². The number of carboxylic acid groups (broad SMARTS) is 2. The highest BCUT2D eigenvalue weighted by atomic mass is 16.4. The molecule has 0 bridgehead atoms. The average Bonchev–Trinajstić information content (AvgIpc) is 2.71. The van der Waals surface area contributed by atoms with Crippen LogP contribution in [0.1, 0.15) is 114 Å². The zero-order valence-electron chi connectivity index (χ0n) is 19.0. The van der Waals surface area contributed by atoms with Crippen LogP contribution in [0.25, 0.3) is 0 Å². The van der Waals surface area contributed by atoms with Crippen molar-refractivity contribution in [3.8, 4) is 0 Å². The van der Waals surface area contributed by atoms with E-state index >= 15 is 0 Å². The summed E-state index contributed by atoms with van der Waals surface area (Å²) in [6.07, 6.45) is 16.9. The molecule has 170 valence electrons. The van der Waals surface area contributed by atoms with Gasteiger partial charge in [-0.15, -0.1) is 0 Å². The summed E-state index contributed by atoms with van der Waals surface area (Å²) in [7, 11) is 0. The number of aryl methyl sites for hydroxylation is 3. The molecule has 0 aromatic heterocycles. The Bertz CT molecular complexity index is 609. The highest BCUT2D eigenvalue weighted by molar-refractivity contribution is 5.66. The summed E-state index contributed by atoms with van der Waals surface area (Å²) in [6.45, 7) is 2.23. The molecular formula is C26H42O4. The number of carboxylic acids is 2. The van der Waals surface area contributed by atoms with Gasteiger partial charge in [-0.1, -0.05) is 70.1 Å². The maximum atomic E-state index is 10.6. The lowest BCUT2D eigenvalue weighted by molar-refractivity contribution is -0.138. The molecule has 0 unspecified atom stereocenters. The lowest BCUT2D eigenvalue weighted by Gasteiger charge is -2.12. The van der Waals surface area contributed by atoms with E-state index in [4.69, 9.17) is 10.2 Å². The lowest BCUT2D eigenvalue weighted by atomic mass is 9.93. The molecule has 0 spiro atoms. The number of aliphatic carboxylic acids is 2. The first-order chi connectivity index (χ1) is 14.5. The average molecular weight is 419 g/mol. The van der Waals surface area contributed by atoms with Gasteiger partial charge in [0.2, 0.25) is 0 Å². The highest BCUT2D eigenvalue weighted by Gasteiger charge is 2.06. The van der Waals surface area contributed by atoms with Gasteiger partial charge < -0.3 is 10.2 Å². The molecule has 4 heteroatoms. The zero-order chi connectivity index (χ0) is 22.0. The van der Waals surface area contributed by atoms with Gasteiger partial charge in [-0.05, 0) is 68.1 Å². The predicted molar refractivity (Wildman–Crippen MR) is 123 cm³/mol. The number of rotatable bonds is 19. The molecule has 0 amide bonds. The van der Waals surface area contributed by atoms with Crippen molar-refractivity contribution in [2.24, 2.45) is 0 Å². The number of hydrogen-bond donors (Lipinski definition) is 2. The molecular weight excluding hydrogens is 376 g/mol. The van der Waals surface area contributed by atoms with E-state index in [1.807, 2.05) is 0 Å². The van der Waals surface area contributed by atoms with Crippen LogP contribution >= 0.6 is 0 Å². The van der Waals surface area contributed by atoms with Crippen molar-refractivity contribution in [1.29, 1.82) is 0 Å². The minimum atomic E-state index is -0.690. The SMILES string of the molecule is CCCCc1ccc(CCCCCCCC(=O)O)c(CCCCCCCC(=O)O)c1. The van der Waals surface area contributed by atoms with Crippen LogP contribution in [0.3, 0.4) is 0 Å². The van der Waals surface area contributed by atoms with Crippen molar-refractivity contribution in [1.82, 2.24) is 0 Å². The maximum absolute atomic E-state index is 10.6. The molecule has 1 rings (SSSR count). The summed E-state index contributed by atoms with van der Waals surface area (Å²) >= 11 is 0. The van der Waals surface area contributed by atoms with Gasteiger partial charge in [0.15, 0.2) is 0 Å². The minimum absolute atomic E-state index is 0.291. The van der Waals surface area contributed by atoms with Crippen molar-refractivity contribution < 1.29 is 19.8 Å². The first-order valence-corrected chi connectivity index (χ1v) is 12.1. The molecule has 2 N–H and O–H groups in total. The largest absolute Gasteiger partial charge is 0.481 e. The number of unbranched alkanes of at least 4 members (excludes halogenated alkanes) is 9. The van der Waals surface area contributed by atoms with E-state index in [0.717, 1.165) is 57.8 Å². The van der Waals surface area contributed by atoms with Crippen LogP contribution in [-0.2, 0) is 28.9 Å². The third kappa shape index (κ3) is 13.4. The fraction of sp³-hybridized carbons (Fsp3) is 0.692. The van der Waals surface area contributed by atoms with Crippen LogP contribution in [0.15, 0.2) is 18.2 Å². The summed E-state index contributed by atoms with van der Waals surface area (Å²) in [6, 6.07) is 7.05. The number of carbonyl (C=O) groups is 2. The van der Waals surface area contributed by atoms with E-state index in [1.54, 1.807) is 0 Å². The highest BCUT2D eigenvalue weighted by Crippen LogP contribution is 2.20. The number of benzene rings is 1. The van der Waals surface area contributed by atoms with Gasteiger partial charge in [0.1, 0.15) is 0 Å². The fourth-order valence-electron chi connectivity index (χ4n) is 3.94. The molecule has 1 aromatic carbocycles. The molecule has 4 nitrogen and oxygen atoms in total. The molecule has 0 fully saturated rings. The van der Waals surface area contributed by atoms with Crippen LogP contribution in [0, 0.1) is 0 Å². The van der Waals surface area contributed by atoms with Gasteiger partial charge in [-0.25, -0.2) is 0 Å². The summed E-state index contributed by atoms with van der Waals surface area (Å²) in [5.74, 6) is -1.38. The summed E-state index contributed by atoms with van der Waals surface area (Å²) in [4.78, 5) is 21.1. The van der Waals surface area contributed by atoms with Gasteiger partial charge in [0.25, 0.3) is 0 Å². The zero-order valence-corrected chi connectivity index (χ0v) is 19.0. The lowest BCUT2D eigenvalue weighted by Crippen LogP contribution is -1.99. The Morgan fingerprint density at radius 3 is 1.67 bits per heavy atom. The fourth-order valence-corrected chi connectivity index (χ4v) is 3.94.